The quantitative estimate of drug-likeness (QED) is 0.838. The molecule has 2 N–H and O–H groups in total. The van der Waals surface area contributed by atoms with Gasteiger partial charge in [-0.05, 0) is 19.1 Å². The van der Waals surface area contributed by atoms with E-state index in [-0.39, 0.29) is 4.90 Å². The molecule has 0 aliphatic heterocycles. The Morgan fingerprint density at radius 1 is 1.24 bits per heavy atom. The highest BCUT2D eigenvalue weighted by molar-refractivity contribution is 7.92. The number of aromatic nitrogens is 2. The third kappa shape index (κ3) is 2.87. The Balaban J connectivity index is 2.49. The van der Waals surface area contributed by atoms with Crippen LogP contribution in [0.5, 0.6) is 0 Å². The van der Waals surface area contributed by atoms with Gasteiger partial charge in [-0.15, -0.1) is 0 Å². The smallest absolute Gasteiger partial charge is 0.282 e. The van der Waals surface area contributed by atoms with Crippen LogP contribution in [0, 0.1) is 18.2 Å². The van der Waals surface area contributed by atoms with Crippen LogP contribution in [-0.4, -0.2) is 17.7 Å². The summed E-state index contributed by atoms with van der Waals surface area (Å²) in [6.45, 7) is 1.80. The summed E-state index contributed by atoms with van der Waals surface area (Å²) in [5.41, 5.74) is -0.634. The van der Waals surface area contributed by atoms with Crippen molar-refractivity contribution >= 4 is 10.0 Å². The molecular formula is C12H13FN4O3S. The van der Waals surface area contributed by atoms with E-state index in [4.69, 9.17) is 5.41 Å². The first-order valence-electron chi connectivity index (χ1n) is 5.84. The van der Waals surface area contributed by atoms with Crippen LogP contribution in [0.25, 0.3) is 0 Å². The van der Waals surface area contributed by atoms with Crippen molar-refractivity contribution in [3.8, 4) is 0 Å². The lowest BCUT2D eigenvalue weighted by molar-refractivity contribution is 0.533. The summed E-state index contributed by atoms with van der Waals surface area (Å²) >= 11 is 0. The molecule has 0 atom stereocenters. The lowest BCUT2D eigenvalue weighted by Gasteiger charge is -2.12. The van der Waals surface area contributed by atoms with Crippen molar-refractivity contribution in [2.75, 3.05) is 4.83 Å². The molecule has 0 amide bonds. The number of hydrogen-bond donors (Lipinski definition) is 2. The van der Waals surface area contributed by atoms with Gasteiger partial charge in [0, 0.05) is 7.05 Å². The molecule has 0 radical (unpaired) electrons. The van der Waals surface area contributed by atoms with Gasteiger partial charge < -0.3 is 0 Å². The molecule has 2 aromatic rings. The Hall–Kier alpha value is -2.42. The third-order valence-corrected chi connectivity index (χ3v) is 4.18. The van der Waals surface area contributed by atoms with Crippen LogP contribution in [0.1, 0.15) is 5.56 Å². The second-order valence-corrected chi connectivity index (χ2v) is 6.11. The minimum Gasteiger partial charge on any atom is -0.282 e. The summed E-state index contributed by atoms with van der Waals surface area (Å²) in [5, 5.41) is 7.30. The maximum atomic E-state index is 13.4. The lowest BCUT2D eigenvalue weighted by Crippen LogP contribution is -2.44. The van der Waals surface area contributed by atoms with Crippen LogP contribution in [-0.2, 0) is 17.1 Å². The highest BCUT2D eigenvalue weighted by atomic mass is 32.2. The van der Waals surface area contributed by atoms with Gasteiger partial charge in [0.05, 0.1) is 11.1 Å². The van der Waals surface area contributed by atoms with Crippen molar-refractivity contribution in [3.05, 3.63) is 57.8 Å². The zero-order chi connectivity index (χ0) is 15.8. The van der Waals surface area contributed by atoms with E-state index in [1.807, 2.05) is 4.83 Å². The van der Waals surface area contributed by atoms with Crippen molar-refractivity contribution in [2.24, 2.45) is 7.05 Å². The molecule has 9 heteroatoms. The molecule has 0 saturated carbocycles. The largest absolute Gasteiger partial charge is 0.349 e. The molecule has 0 saturated heterocycles. The predicted molar refractivity (Wildman–Crippen MR) is 73.2 cm³/mol. The summed E-state index contributed by atoms with van der Waals surface area (Å²) in [6, 6.07) is 5.95. The van der Waals surface area contributed by atoms with Gasteiger partial charge in [0.25, 0.3) is 10.0 Å². The van der Waals surface area contributed by atoms with Crippen molar-refractivity contribution in [1.82, 2.24) is 9.24 Å². The number of halogens is 1. The summed E-state index contributed by atoms with van der Waals surface area (Å²) in [5.74, 6) is -1.02. The minimum absolute atomic E-state index is 0.0574. The first kappa shape index (κ1) is 15.0. The average molecular weight is 312 g/mol. The first-order chi connectivity index (χ1) is 9.72. The number of aryl methyl sites for hydroxylation is 1. The Bertz CT molecular complexity index is 898. The zero-order valence-electron chi connectivity index (χ0n) is 11.3. The SMILES string of the molecule is Cc1ccc(S(=O)(=O)Nn2cc(F)c(=N)n(C)c2=O)cc1. The van der Waals surface area contributed by atoms with Crippen LogP contribution in [0.4, 0.5) is 4.39 Å². The number of benzene rings is 1. The molecule has 0 fully saturated rings. The van der Waals surface area contributed by atoms with E-state index in [1.165, 1.54) is 19.2 Å². The van der Waals surface area contributed by atoms with E-state index in [0.717, 1.165) is 5.56 Å². The van der Waals surface area contributed by atoms with E-state index in [2.05, 4.69) is 0 Å². The van der Waals surface area contributed by atoms with Crippen molar-refractivity contribution in [2.45, 2.75) is 11.8 Å². The molecule has 0 spiro atoms. The summed E-state index contributed by atoms with van der Waals surface area (Å²) in [6.07, 6.45) is 0.621. The number of sulfonamides is 1. The molecule has 21 heavy (non-hydrogen) atoms. The molecule has 7 nitrogen and oxygen atoms in total. The van der Waals surface area contributed by atoms with E-state index in [1.54, 1.807) is 19.1 Å². The van der Waals surface area contributed by atoms with Gasteiger partial charge in [-0.2, -0.15) is 13.1 Å². The van der Waals surface area contributed by atoms with Crippen LogP contribution in [0.2, 0.25) is 0 Å². The molecule has 2 rings (SSSR count). The topological polar surface area (TPSA) is 96.9 Å². The molecule has 0 aliphatic carbocycles. The van der Waals surface area contributed by atoms with Gasteiger partial charge in [-0.1, -0.05) is 17.7 Å². The molecule has 0 unspecified atom stereocenters. The van der Waals surface area contributed by atoms with Gasteiger partial charge in [-0.3, -0.25) is 9.98 Å². The van der Waals surface area contributed by atoms with Gasteiger partial charge in [0.15, 0.2) is 11.3 Å². The predicted octanol–water partition coefficient (Wildman–Crippen LogP) is 0.0462. The van der Waals surface area contributed by atoms with E-state index < -0.39 is 27.0 Å². The van der Waals surface area contributed by atoms with E-state index in [0.29, 0.717) is 15.4 Å². The fraction of sp³-hybridized carbons (Fsp3) is 0.167. The van der Waals surface area contributed by atoms with Gasteiger partial charge in [0.1, 0.15) is 0 Å². The number of rotatable bonds is 3. The highest BCUT2D eigenvalue weighted by Gasteiger charge is 2.16. The Labute approximate surface area is 119 Å². The van der Waals surface area contributed by atoms with Gasteiger partial charge in [-0.25, -0.2) is 14.0 Å². The van der Waals surface area contributed by atoms with Crippen LogP contribution in [0.3, 0.4) is 0 Å². The molecule has 1 aromatic carbocycles. The maximum Gasteiger partial charge on any atom is 0.349 e. The molecule has 0 aliphatic rings. The summed E-state index contributed by atoms with van der Waals surface area (Å²) in [4.78, 5) is 13.7. The molecular weight excluding hydrogens is 299 g/mol. The average Bonchev–Trinajstić information content (AvgIpc) is 2.42. The summed E-state index contributed by atoms with van der Waals surface area (Å²) in [7, 11) is -2.86. The van der Waals surface area contributed by atoms with Crippen LogP contribution < -0.4 is 16.0 Å². The number of nitrogens with zero attached hydrogens (tertiary/aromatic N) is 2. The second-order valence-electron chi connectivity index (χ2n) is 4.45. The fourth-order valence-electron chi connectivity index (χ4n) is 1.61. The van der Waals surface area contributed by atoms with Crippen molar-refractivity contribution in [3.63, 3.8) is 0 Å². The Morgan fingerprint density at radius 2 is 1.81 bits per heavy atom. The standard InChI is InChI=1S/C12H13FN4O3S/c1-8-3-5-9(6-4-8)21(19,20)15-17-7-10(13)11(14)16(2)12(17)18/h3-7,14-15H,1-2H3. The molecule has 1 heterocycles. The van der Waals surface area contributed by atoms with Crippen LogP contribution >= 0.6 is 0 Å². The molecule has 0 bridgehead atoms. The van der Waals surface area contributed by atoms with Crippen molar-refractivity contribution in [1.29, 1.82) is 5.41 Å². The number of nitrogens with one attached hydrogen (secondary N) is 2. The second kappa shape index (κ2) is 5.17. The minimum atomic E-state index is -4.03. The van der Waals surface area contributed by atoms with Gasteiger partial charge in [0.2, 0.25) is 0 Å². The van der Waals surface area contributed by atoms with Crippen LogP contribution in [0.15, 0.2) is 40.2 Å². The summed E-state index contributed by atoms with van der Waals surface area (Å²) < 4.78 is 38.9. The zero-order valence-corrected chi connectivity index (χ0v) is 12.1. The maximum absolute atomic E-state index is 13.4. The monoisotopic (exact) mass is 312 g/mol. The van der Waals surface area contributed by atoms with E-state index >= 15 is 0 Å². The lowest BCUT2D eigenvalue weighted by atomic mass is 10.2. The normalized spacial score (nSPS) is 11.4. The third-order valence-electron chi connectivity index (χ3n) is 2.85. The Morgan fingerprint density at radius 3 is 2.38 bits per heavy atom. The highest BCUT2D eigenvalue weighted by Crippen LogP contribution is 2.10. The van der Waals surface area contributed by atoms with Gasteiger partial charge >= 0.3 is 5.69 Å². The fourth-order valence-corrected chi connectivity index (χ4v) is 2.60. The number of hydrogen-bond acceptors (Lipinski definition) is 4. The van der Waals surface area contributed by atoms with Crippen molar-refractivity contribution < 1.29 is 12.8 Å². The molecule has 1 aromatic heterocycles. The first-order valence-corrected chi connectivity index (χ1v) is 7.33. The van der Waals surface area contributed by atoms with E-state index in [9.17, 15) is 17.6 Å². The molecule has 112 valence electrons. The Kier molecular flexibility index (Phi) is 3.69.